The van der Waals surface area contributed by atoms with E-state index in [0.29, 0.717) is 0 Å². The maximum Gasteiger partial charge on any atom is 0.205 e. The smallest absolute Gasteiger partial charge is 0.205 e. The Hall–Kier alpha value is -0.500. The van der Waals surface area contributed by atoms with Crippen LogP contribution in [-0.4, -0.2) is 29.2 Å². The van der Waals surface area contributed by atoms with Crippen LogP contribution < -0.4 is 5.32 Å². The number of hydrogen-bond acceptors (Lipinski definition) is 6. The van der Waals surface area contributed by atoms with E-state index in [2.05, 4.69) is 54.8 Å². The second-order valence-corrected chi connectivity index (χ2v) is 6.63. The standard InChI is InChI=1S/C10H13BrN4S2/c1-12-10-14-13-9(17-10)5-15(2)4-8-3-7(11)6-16-8/h3,6H,4-5H2,1-2H3,(H,12,14). The predicted molar refractivity (Wildman–Crippen MR) is 76.6 cm³/mol. The van der Waals surface area contributed by atoms with Crippen molar-refractivity contribution in [3.63, 3.8) is 0 Å². The summed E-state index contributed by atoms with van der Waals surface area (Å²) >= 11 is 6.83. The van der Waals surface area contributed by atoms with Gasteiger partial charge in [-0.2, -0.15) is 0 Å². The van der Waals surface area contributed by atoms with E-state index in [0.717, 1.165) is 27.7 Å². The van der Waals surface area contributed by atoms with Crippen LogP contribution in [0.4, 0.5) is 5.13 Å². The van der Waals surface area contributed by atoms with Gasteiger partial charge in [0, 0.05) is 28.3 Å². The van der Waals surface area contributed by atoms with Gasteiger partial charge in [0.1, 0.15) is 5.01 Å². The molecule has 7 heteroatoms. The lowest BCUT2D eigenvalue weighted by Gasteiger charge is -2.12. The number of anilines is 1. The molecular weight excluding hydrogens is 320 g/mol. The molecule has 4 nitrogen and oxygen atoms in total. The van der Waals surface area contributed by atoms with Gasteiger partial charge in [0.15, 0.2) is 0 Å². The molecule has 0 atom stereocenters. The maximum absolute atomic E-state index is 4.13. The average molecular weight is 333 g/mol. The third-order valence-electron chi connectivity index (χ3n) is 2.13. The van der Waals surface area contributed by atoms with Gasteiger partial charge in [0.05, 0.1) is 6.54 Å². The Balaban J connectivity index is 1.90. The molecule has 92 valence electrons. The molecule has 0 spiro atoms. The molecule has 17 heavy (non-hydrogen) atoms. The van der Waals surface area contributed by atoms with Crippen molar-refractivity contribution in [2.24, 2.45) is 0 Å². The van der Waals surface area contributed by atoms with E-state index in [9.17, 15) is 0 Å². The molecule has 0 bridgehead atoms. The Morgan fingerprint density at radius 2 is 2.24 bits per heavy atom. The minimum absolute atomic E-state index is 0.828. The molecule has 0 aliphatic heterocycles. The zero-order chi connectivity index (χ0) is 12.3. The van der Waals surface area contributed by atoms with Crippen molar-refractivity contribution in [2.45, 2.75) is 13.1 Å². The summed E-state index contributed by atoms with van der Waals surface area (Å²) in [4.78, 5) is 3.58. The number of halogens is 1. The Bertz CT molecular complexity index is 482. The second kappa shape index (κ2) is 5.90. The fraction of sp³-hybridized carbons (Fsp3) is 0.400. The highest BCUT2D eigenvalue weighted by molar-refractivity contribution is 9.10. The summed E-state index contributed by atoms with van der Waals surface area (Å²) in [7, 11) is 3.95. The molecule has 1 N–H and O–H groups in total. The summed E-state index contributed by atoms with van der Waals surface area (Å²) < 4.78 is 1.15. The van der Waals surface area contributed by atoms with Gasteiger partial charge < -0.3 is 5.32 Å². The molecule has 0 saturated heterocycles. The largest absolute Gasteiger partial charge is 0.363 e. The fourth-order valence-electron chi connectivity index (χ4n) is 1.41. The van der Waals surface area contributed by atoms with E-state index in [4.69, 9.17) is 0 Å². The molecule has 0 unspecified atom stereocenters. The molecular formula is C10H13BrN4S2. The summed E-state index contributed by atoms with van der Waals surface area (Å²) in [5, 5.41) is 15.2. The van der Waals surface area contributed by atoms with Crippen LogP contribution in [0.5, 0.6) is 0 Å². The minimum Gasteiger partial charge on any atom is -0.363 e. The topological polar surface area (TPSA) is 41.1 Å². The van der Waals surface area contributed by atoms with Crippen LogP contribution in [0.3, 0.4) is 0 Å². The van der Waals surface area contributed by atoms with E-state index >= 15 is 0 Å². The van der Waals surface area contributed by atoms with Gasteiger partial charge in [0.2, 0.25) is 5.13 Å². The normalized spacial score (nSPS) is 11.1. The van der Waals surface area contributed by atoms with Crippen LogP contribution in [-0.2, 0) is 13.1 Å². The van der Waals surface area contributed by atoms with Crippen LogP contribution in [0.25, 0.3) is 0 Å². The Morgan fingerprint density at radius 1 is 1.41 bits per heavy atom. The van der Waals surface area contributed by atoms with Gasteiger partial charge >= 0.3 is 0 Å². The number of nitrogens with one attached hydrogen (secondary N) is 1. The lowest BCUT2D eigenvalue weighted by atomic mass is 10.4. The van der Waals surface area contributed by atoms with Crippen molar-refractivity contribution < 1.29 is 0 Å². The highest BCUT2D eigenvalue weighted by Gasteiger charge is 2.08. The molecule has 2 heterocycles. The van der Waals surface area contributed by atoms with E-state index in [1.165, 1.54) is 4.88 Å². The van der Waals surface area contributed by atoms with E-state index < -0.39 is 0 Å². The van der Waals surface area contributed by atoms with Gasteiger partial charge in [-0.05, 0) is 29.0 Å². The van der Waals surface area contributed by atoms with Crippen LogP contribution in [0.15, 0.2) is 15.9 Å². The first-order chi connectivity index (χ1) is 8.17. The summed E-state index contributed by atoms with van der Waals surface area (Å²) in [5.74, 6) is 0. The number of thiophene rings is 1. The molecule has 0 amide bonds. The number of rotatable bonds is 5. The van der Waals surface area contributed by atoms with E-state index in [1.54, 1.807) is 22.7 Å². The zero-order valence-corrected chi connectivity index (χ0v) is 12.8. The van der Waals surface area contributed by atoms with Crippen molar-refractivity contribution in [1.29, 1.82) is 0 Å². The van der Waals surface area contributed by atoms with Crippen LogP contribution >= 0.6 is 38.6 Å². The van der Waals surface area contributed by atoms with Gasteiger partial charge in [-0.25, -0.2) is 0 Å². The Kier molecular flexibility index (Phi) is 4.49. The first kappa shape index (κ1) is 12.9. The lowest BCUT2D eigenvalue weighted by Crippen LogP contribution is -2.16. The van der Waals surface area contributed by atoms with Crippen molar-refractivity contribution in [3.8, 4) is 0 Å². The number of aromatic nitrogens is 2. The van der Waals surface area contributed by atoms with Crippen LogP contribution in [0.1, 0.15) is 9.88 Å². The van der Waals surface area contributed by atoms with Gasteiger partial charge in [0.25, 0.3) is 0 Å². The third kappa shape index (κ3) is 3.74. The number of nitrogens with zero attached hydrogens (tertiary/aromatic N) is 3. The second-order valence-electron chi connectivity index (χ2n) is 3.65. The quantitative estimate of drug-likeness (QED) is 0.913. The van der Waals surface area contributed by atoms with Gasteiger partial charge in [-0.15, -0.1) is 21.5 Å². The fourth-order valence-corrected chi connectivity index (χ4v) is 3.71. The molecule has 0 radical (unpaired) electrons. The van der Waals surface area contributed by atoms with E-state index in [1.807, 2.05) is 7.05 Å². The first-order valence-electron chi connectivity index (χ1n) is 5.09. The average Bonchev–Trinajstić information content (AvgIpc) is 2.88. The number of hydrogen-bond donors (Lipinski definition) is 1. The van der Waals surface area contributed by atoms with Crippen LogP contribution in [0, 0.1) is 0 Å². The lowest BCUT2D eigenvalue weighted by molar-refractivity contribution is 0.320. The Morgan fingerprint density at radius 3 is 2.82 bits per heavy atom. The van der Waals surface area contributed by atoms with Gasteiger partial charge in [-0.1, -0.05) is 11.3 Å². The van der Waals surface area contributed by atoms with E-state index in [-0.39, 0.29) is 0 Å². The maximum atomic E-state index is 4.13. The monoisotopic (exact) mass is 332 g/mol. The SMILES string of the molecule is CNc1nnc(CN(C)Cc2cc(Br)cs2)s1. The summed E-state index contributed by atoms with van der Waals surface area (Å²) in [6.45, 7) is 1.76. The minimum atomic E-state index is 0.828. The summed E-state index contributed by atoms with van der Waals surface area (Å²) in [6.07, 6.45) is 0. The molecule has 0 fully saturated rings. The zero-order valence-electron chi connectivity index (χ0n) is 9.61. The van der Waals surface area contributed by atoms with Crippen molar-refractivity contribution in [2.75, 3.05) is 19.4 Å². The summed E-state index contributed by atoms with van der Waals surface area (Å²) in [6, 6.07) is 2.15. The van der Waals surface area contributed by atoms with Crippen molar-refractivity contribution >= 4 is 43.7 Å². The first-order valence-corrected chi connectivity index (χ1v) is 7.58. The Labute approximate surface area is 117 Å². The molecule has 0 aliphatic carbocycles. The van der Waals surface area contributed by atoms with Crippen molar-refractivity contribution in [3.05, 3.63) is 25.8 Å². The highest BCUT2D eigenvalue weighted by Crippen LogP contribution is 2.22. The molecule has 2 rings (SSSR count). The third-order valence-corrected chi connectivity index (χ3v) is 4.74. The van der Waals surface area contributed by atoms with Crippen molar-refractivity contribution in [1.82, 2.24) is 15.1 Å². The molecule has 2 aromatic rings. The van der Waals surface area contributed by atoms with Crippen LogP contribution in [0.2, 0.25) is 0 Å². The predicted octanol–water partition coefficient (Wildman–Crippen LogP) is 3.04. The van der Waals surface area contributed by atoms with Gasteiger partial charge in [-0.3, -0.25) is 4.90 Å². The molecule has 0 saturated carbocycles. The molecule has 2 aromatic heterocycles. The summed E-state index contributed by atoms with van der Waals surface area (Å²) in [5.41, 5.74) is 0. The highest BCUT2D eigenvalue weighted by atomic mass is 79.9. The molecule has 0 aliphatic rings. The molecule has 0 aromatic carbocycles.